The average Bonchev–Trinajstić information content (AvgIpc) is 2.55. The van der Waals surface area contributed by atoms with Crippen LogP contribution >= 0.6 is 0 Å². The summed E-state index contributed by atoms with van der Waals surface area (Å²) in [4.78, 5) is 9.75. The highest BCUT2D eigenvalue weighted by Gasteiger charge is 2.29. The molecule has 0 aromatic carbocycles. The number of hydrogen-bond donors (Lipinski definition) is 0. The van der Waals surface area contributed by atoms with Crippen molar-refractivity contribution in [3.8, 4) is 0 Å². The van der Waals surface area contributed by atoms with Crippen LogP contribution in [0.2, 0.25) is 0 Å². The van der Waals surface area contributed by atoms with Gasteiger partial charge in [0.2, 0.25) is 0 Å². The highest BCUT2D eigenvalue weighted by molar-refractivity contribution is 5.49. The molecule has 1 atom stereocenters. The maximum atomic E-state index is 5.49. The zero-order valence-electron chi connectivity index (χ0n) is 13.3. The average molecular weight is 289 g/mol. The topological polar surface area (TPSA) is 28.6 Å². The number of aromatic nitrogens is 1. The maximum Gasteiger partial charge on any atom is 0.133 e. The van der Waals surface area contributed by atoms with Crippen molar-refractivity contribution in [2.75, 3.05) is 37.7 Å². The molecule has 2 saturated heterocycles. The predicted octanol–water partition coefficient (Wildman–Crippen LogP) is 2.85. The van der Waals surface area contributed by atoms with Crippen molar-refractivity contribution < 1.29 is 4.74 Å². The third-order valence-electron chi connectivity index (χ3n) is 4.69. The Labute approximate surface area is 128 Å². The van der Waals surface area contributed by atoms with Crippen molar-refractivity contribution in [2.24, 2.45) is 0 Å². The van der Waals surface area contributed by atoms with Gasteiger partial charge in [0.05, 0.1) is 13.2 Å². The smallest absolute Gasteiger partial charge is 0.133 e. The van der Waals surface area contributed by atoms with Crippen molar-refractivity contribution in [2.45, 2.75) is 45.2 Å². The van der Waals surface area contributed by atoms with Crippen molar-refractivity contribution in [1.29, 1.82) is 0 Å². The van der Waals surface area contributed by atoms with Crippen LogP contribution in [0.3, 0.4) is 0 Å². The zero-order chi connectivity index (χ0) is 14.7. The lowest BCUT2D eigenvalue weighted by molar-refractivity contribution is 0.110. The summed E-state index contributed by atoms with van der Waals surface area (Å²) in [6.07, 6.45) is 5.82. The fourth-order valence-electron chi connectivity index (χ4n) is 3.61. The van der Waals surface area contributed by atoms with Gasteiger partial charge in [-0.25, -0.2) is 4.98 Å². The van der Waals surface area contributed by atoms with Crippen LogP contribution in [0, 0.1) is 0 Å². The van der Waals surface area contributed by atoms with Gasteiger partial charge in [0.1, 0.15) is 5.82 Å². The summed E-state index contributed by atoms with van der Waals surface area (Å²) >= 11 is 0. The third-order valence-corrected chi connectivity index (χ3v) is 4.69. The van der Waals surface area contributed by atoms with Crippen LogP contribution in [-0.2, 0) is 4.74 Å². The molecule has 2 aliphatic heterocycles. The van der Waals surface area contributed by atoms with E-state index >= 15 is 0 Å². The molecule has 1 aromatic heterocycles. The molecular formula is C17H27N3O. The summed E-state index contributed by atoms with van der Waals surface area (Å²) < 4.78 is 5.49. The Hall–Kier alpha value is -1.13. The van der Waals surface area contributed by atoms with E-state index in [1.807, 2.05) is 6.20 Å². The molecule has 0 aliphatic carbocycles. The minimum Gasteiger partial charge on any atom is -0.378 e. The number of likely N-dealkylation sites (tertiary alicyclic amines) is 1. The van der Waals surface area contributed by atoms with Gasteiger partial charge in [-0.2, -0.15) is 0 Å². The molecule has 3 rings (SSSR count). The molecule has 0 N–H and O–H groups in total. The first-order chi connectivity index (χ1) is 10.3. The Kier molecular flexibility index (Phi) is 4.76. The molecule has 0 amide bonds. The van der Waals surface area contributed by atoms with Crippen LogP contribution in [-0.4, -0.2) is 48.8 Å². The van der Waals surface area contributed by atoms with Crippen molar-refractivity contribution >= 4 is 5.82 Å². The van der Waals surface area contributed by atoms with E-state index in [2.05, 4.69) is 35.8 Å². The summed E-state index contributed by atoms with van der Waals surface area (Å²) in [5.74, 6) is 1.18. The quantitative estimate of drug-likeness (QED) is 0.855. The number of ether oxygens (including phenoxy) is 1. The number of anilines is 1. The molecule has 0 spiro atoms. The fraction of sp³-hybridized carbons (Fsp3) is 0.706. The van der Waals surface area contributed by atoms with Gasteiger partial charge in [-0.15, -0.1) is 0 Å². The SMILES string of the molecule is CC(C)N1CCCC[C@H]1c1cccnc1N1CCOCC1. The maximum absolute atomic E-state index is 5.49. The monoisotopic (exact) mass is 289 g/mol. The second-order valence-electron chi connectivity index (χ2n) is 6.36. The zero-order valence-corrected chi connectivity index (χ0v) is 13.3. The van der Waals surface area contributed by atoms with Crippen molar-refractivity contribution in [1.82, 2.24) is 9.88 Å². The molecule has 0 bridgehead atoms. The summed E-state index contributed by atoms with van der Waals surface area (Å²) in [5, 5.41) is 0. The van der Waals surface area contributed by atoms with Crippen LogP contribution in [0.15, 0.2) is 18.3 Å². The molecule has 0 saturated carbocycles. The van der Waals surface area contributed by atoms with E-state index in [1.54, 1.807) is 0 Å². The highest BCUT2D eigenvalue weighted by atomic mass is 16.5. The van der Waals surface area contributed by atoms with E-state index in [-0.39, 0.29) is 0 Å². The molecule has 21 heavy (non-hydrogen) atoms. The molecule has 1 aromatic rings. The van der Waals surface area contributed by atoms with Gasteiger partial charge in [0.25, 0.3) is 0 Å². The molecule has 4 heteroatoms. The largest absolute Gasteiger partial charge is 0.378 e. The minimum atomic E-state index is 0.519. The molecule has 3 heterocycles. The highest BCUT2D eigenvalue weighted by Crippen LogP contribution is 2.36. The first-order valence-corrected chi connectivity index (χ1v) is 8.30. The van der Waals surface area contributed by atoms with E-state index in [4.69, 9.17) is 9.72 Å². The van der Waals surface area contributed by atoms with E-state index in [9.17, 15) is 0 Å². The lowest BCUT2D eigenvalue weighted by Gasteiger charge is -2.40. The van der Waals surface area contributed by atoms with E-state index < -0.39 is 0 Å². The van der Waals surface area contributed by atoms with Gasteiger partial charge in [-0.05, 0) is 39.3 Å². The summed E-state index contributed by atoms with van der Waals surface area (Å²) in [6.45, 7) is 9.37. The molecule has 0 unspecified atom stereocenters. The van der Waals surface area contributed by atoms with Crippen molar-refractivity contribution in [3.63, 3.8) is 0 Å². The molecule has 116 valence electrons. The first-order valence-electron chi connectivity index (χ1n) is 8.30. The summed E-state index contributed by atoms with van der Waals surface area (Å²) in [6, 6.07) is 5.48. The van der Waals surface area contributed by atoms with Crippen LogP contribution in [0.25, 0.3) is 0 Å². The van der Waals surface area contributed by atoms with Gasteiger partial charge < -0.3 is 9.64 Å². The van der Waals surface area contributed by atoms with E-state index in [1.165, 1.54) is 37.2 Å². The predicted molar refractivity (Wildman–Crippen MR) is 85.7 cm³/mol. The Morgan fingerprint density at radius 1 is 1.19 bits per heavy atom. The normalized spacial score (nSPS) is 24.5. The van der Waals surface area contributed by atoms with Crippen LogP contribution in [0.1, 0.15) is 44.7 Å². The van der Waals surface area contributed by atoms with E-state index in [0.717, 1.165) is 26.3 Å². The Morgan fingerprint density at radius 3 is 2.76 bits per heavy atom. The summed E-state index contributed by atoms with van der Waals surface area (Å²) in [5.41, 5.74) is 1.41. The van der Waals surface area contributed by atoms with Crippen LogP contribution in [0.4, 0.5) is 5.82 Å². The number of pyridine rings is 1. The summed E-state index contributed by atoms with van der Waals surface area (Å²) in [7, 11) is 0. The van der Waals surface area contributed by atoms with Crippen molar-refractivity contribution in [3.05, 3.63) is 23.9 Å². The molecule has 2 fully saturated rings. The molecule has 2 aliphatic rings. The molecular weight excluding hydrogens is 262 g/mol. The lowest BCUT2D eigenvalue weighted by atomic mass is 9.94. The second-order valence-corrected chi connectivity index (χ2v) is 6.36. The lowest BCUT2D eigenvalue weighted by Crippen LogP contribution is -2.41. The van der Waals surface area contributed by atoms with Gasteiger partial charge in [-0.3, -0.25) is 4.90 Å². The Morgan fingerprint density at radius 2 is 2.00 bits per heavy atom. The third kappa shape index (κ3) is 3.22. The minimum absolute atomic E-state index is 0.519. The number of hydrogen-bond acceptors (Lipinski definition) is 4. The number of nitrogens with zero attached hydrogens (tertiary/aromatic N) is 3. The van der Waals surface area contributed by atoms with Gasteiger partial charge in [0.15, 0.2) is 0 Å². The fourth-order valence-corrected chi connectivity index (χ4v) is 3.61. The molecule has 0 radical (unpaired) electrons. The molecule has 4 nitrogen and oxygen atoms in total. The van der Waals surface area contributed by atoms with Gasteiger partial charge >= 0.3 is 0 Å². The van der Waals surface area contributed by atoms with Gasteiger partial charge in [-0.1, -0.05) is 12.5 Å². The van der Waals surface area contributed by atoms with E-state index in [0.29, 0.717) is 12.1 Å². The standard InChI is InChI=1S/C17H27N3O/c1-14(2)20-9-4-3-7-16(20)15-6-5-8-18-17(15)19-10-12-21-13-11-19/h5-6,8,14,16H,3-4,7,9-13H2,1-2H3/t16-/m0/s1. The first kappa shape index (κ1) is 14.8. The van der Waals surface area contributed by atoms with Gasteiger partial charge in [0, 0.05) is 36.9 Å². The van der Waals surface area contributed by atoms with Crippen LogP contribution in [0.5, 0.6) is 0 Å². The number of rotatable bonds is 3. The van der Waals surface area contributed by atoms with Crippen LogP contribution < -0.4 is 4.90 Å². The Bertz CT molecular complexity index is 457. The second kappa shape index (κ2) is 6.75. The number of piperidine rings is 1. The number of morpholine rings is 1. The Balaban J connectivity index is 1.89.